The number of nitrogens with zero attached hydrogens (tertiary/aromatic N) is 4. The third kappa shape index (κ3) is 7.47. The highest BCUT2D eigenvalue weighted by Crippen LogP contribution is 2.36. The molecule has 0 bridgehead atoms. The number of rotatable bonds is 14. The van der Waals surface area contributed by atoms with Gasteiger partial charge >= 0.3 is 0 Å². The lowest BCUT2D eigenvalue weighted by Gasteiger charge is -2.41. The average molecular weight is 562 g/mol. The van der Waals surface area contributed by atoms with Crippen molar-refractivity contribution >= 4 is 5.91 Å². The first kappa shape index (κ1) is 31.3. The van der Waals surface area contributed by atoms with E-state index in [1.807, 2.05) is 37.3 Å². The summed E-state index contributed by atoms with van der Waals surface area (Å²) in [5.41, 5.74) is -0.375. The second kappa shape index (κ2) is 13.9. The summed E-state index contributed by atoms with van der Waals surface area (Å²) in [5, 5.41) is 17.9. The summed E-state index contributed by atoms with van der Waals surface area (Å²) in [6, 6.07) is 10.9. The molecule has 2 aromatic carbocycles. The first-order valence-electron chi connectivity index (χ1n) is 13.3. The molecule has 3 aromatic rings. The van der Waals surface area contributed by atoms with E-state index in [1.165, 1.54) is 23.6 Å². The summed E-state index contributed by atoms with van der Waals surface area (Å²) >= 11 is 0. The topological polar surface area (TPSA) is 92.5 Å². The van der Waals surface area contributed by atoms with Crippen molar-refractivity contribution in [2.45, 2.75) is 64.4 Å². The lowest BCUT2D eigenvalue weighted by molar-refractivity contribution is -0.150. The van der Waals surface area contributed by atoms with Crippen molar-refractivity contribution in [2.24, 2.45) is 0 Å². The summed E-state index contributed by atoms with van der Waals surface area (Å²) in [6.45, 7) is 6.88. The summed E-state index contributed by atoms with van der Waals surface area (Å²) in [4.78, 5) is 19.5. The van der Waals surface area contributed by atoms with Crippen molar-refractivity contribution < 1.29 is 27.8 Å². The Morgan fingerprint density at radius 1 is 1.20 bits per heavy atom. The highest BCUT2D eigenvalue weighted by molar-refractivity contribution is 5.80. The van der Waals surface area contributed by atoms with E-state index >= 15 is 0 Å². The molecule has 8 nitrogen and oxygen atoms in total. The highest BCUT2D eigenvalue weighted by Gasteiger charge is 2.43. The third-order valence-electron chi connectivity index (χ3n) is 6.82. The second-order valence-electron chi connectivity index (χ2n) is 10.2. The van der Waals surface area contributed by atoms with E-state index in [4.69, 9.17) is 4.74 Å². The second-order valence-corrected chi connectivity index (χ2v) is 10.2. The number of halogens is 3. The van der Waals surface area contributed by atoms with Gasteiger partial charge in [0, 0.05) is 19.7 Å². The Morgan fingerprint density at radius 3 is 2.50 bits per heavy atom. The predicted molar refractivity (Wildman–Crippen MR) is 146 cm³/mol. The Balaban J connectivity index is 2.22. The van der Waals surface area contributed by atoms with Gasteiger partial charge in [-0.25, -0.2) is 22.8 Å². The minimum atomic E-state index is -1.37. The molecule has 0 saturated heterocycles. The quantitative estimate of drug-likeness (QED) is 0.305. The Morgan fingerprint density at radius 2 is 1.90 bits per heavy atom. The number of amides is 1. The number of nitrogens with one attached hydrogen (secondary N) is 1. The molecule has 0 aliphatic heterocycles. The molecule has 1 aromatic heterocycles. The summed E-state index contributed by atoms with van der Waals surface area (Å²) < 4.78 is 50.0. The molecule has 40 heavy (non-hydrogen) atoms. The molecule has 0 saturated carbocycles. The zero-order valence-electron chi connectivity index (χ0n) is 23.6. The molecule has 2 N–H and O–H groups in total. The van der Waals surface area contributed by atoms with Crippen LogP contribution in [-0.2, 0) is 16.1 Å². The van der Waals surface area contributed by atoms with Crippen molar-refractivity contribution in [3.8, 4) is 11.4 Å². The fourth-order valence-corrected chi connectivity index (χ4v) is 4.57. The van der Waals surface area contributed by atoms with Crippen LogP contribution in [0.5, 0.6) is 0 Å². The number of ether oxygens (including phenoxy) is 1. The van der Waals surface area contributed by atoms with Crippen LogP contribution < -0.4 is 5.32 Å². The molecule has 0 aliphatic rings. The number of hydrogen-bond donors (Lipinski definition) is 2. The Bertz CT molecular complexity index is 1250. The largest absolute Gasteiger partial charge is 0.384 e. The lowest BCUT2D eigenvalue weighted by atomic mass is 9.94. The molecule has 3 unspecified atom stereocenters. The number of aliphatic hydroxyl groups is 1. The van der Waals surface area contributed by atoms with E-state index in [0.717, 1.165) is 23.8 Å². The predicted octanol–water partition coefficient (Wildman–Crippen LogP) is 4.28. The minimum Gasteiger partial charge on any atom is -0.384 e. The van der Waals surface area contributed by atoms with E-state index in [9.17, 15) is 23.1 Å². The molecule has 218 valence electrons. The molecule has 0 radical (unpaired) electrons. The zero-order chi connectivity index (χ0) is 29.4. The fourth-order valence-electron chi connectivity index (χ4n) is 4.57. The fraction of sp³-hybridized carbons (Fsp3) is 0.483. The lowest BCUT2D eigenvalue weighted by Crippen LogP contribution is -2.51. The number of hydrogen-bond acceptors (Lipinski definition) is 6. The molecule has 3 atom stereocenters. The number of alkyl halides is 1. The van der Waals surface area contributed by atoms with Gasteiger partial charge in [0.25, 0.3) is 5.91 Å². The van der Waals surface area contributed by atoms with Crippen LogP contribution >= 0.6 is 0 Å². The van der Waals surface area contributed by atoms with Crippen molar-refractivity contribution in [1.82, 2.24) is 25.0 Å². The Labute approximate surface area is 233 Å². The highest BCUT2D eigenvalue weighted by atomic mass is 19.1. The van der Waals surface area contributed by atoms with Crippen LogP contribution in [-0.4, -0.2) is 75.3 Å². The molecular weight excluding hydrogens is 523 g/mol. The number of benzene rings is 2. The maximum absolute atomic E-state index is 14.8. The van der Waals surface area contributed by atoms with E-state index in [1.54, 1.807) is 13.8 Å². The van der Waals surface area contributed by atoms with Crippen molar-refractivity contribution in [2.75, 3.05) is 26.9 Å². The number of aliphatic hydroxyl groups excluding tert-OH is 1. The Kier molecular flexibility index (Phi) is 10.8. The number of aromatic nitrogens is 3. The summed E-state index contributed by atoms with van der Waals surface area (Å²) in [6.07, 6.45) is -1.12. The standard InChI is InChI=1S/C29H38F3N5O3/c1-6-33-22(17-30)14-15-36(28(39)19(2)38)25(29(3,4)40-5)27-34-26(23-16-21(31)12-13-24(23)32)35-37(27)18-20-10-8-7-9-11-20/h7-13,16,19,22,25,33,38H,6,14-15,17-18H2,1-5H3. The van der Waals surface area contributed by atoms with Crippen LogP contribution in [0, 0.1) is 11.6 Å². The third-order valence-corrected chi connectivity index (χ3v) is 6.82. The maximum atomic E-state index is 14.8. The number of carbonyl (C=O) groups is 1. The molecule has 3 rings (SSSR count). The average Bonchev–Trinajstić information content (AvgIpc) is 3.33. The van der Waals surface area contributed by atoms with Crippen LogP contribution in [0.4, 0.5) is 13.2 Å². The van der Waals surface area contributed by atoms with Crippen LogP contribution in [0.3, 0.4) is 0 Å². The van der Waals surface area contributed by atoms with E-state index < -0.39 is 48.0 Å². The molecule has 0 spiro atoms. The summed E-state index contributed by atoms with van der Waals surface area (Å²) in [5.74, 6) is -1.81. The maximum Gasteiger partial charge on any atom is 0.251 e. The van der Waals surface area contributed by atoms with Gasteiger partial charge in [0.2, 0.25) is 0 Å². The molecule has 0 fully saturated rings. The zero-order valence-corrected chi connectivity index (χ0v) is 23.6. The first-order valence-corrected chi connectivity index (χ1v) is 13.3. The van der Waals surface area contributed by atoms with Crippen LogP contribution in [0.25, 0.3) is 11.4 Å². The smallest absolute Gasteiger partial charge is 0.251 e. The summed E-state index contributed by atoms with van der Waals surface area (Å²) in [7, 11) is 1.48. The van der Waals surface area contributed by atoms with E-state index in [-0.39, 0.29) is 36.7 Å². The molecule has 1 heterocycles. The molecule has 0 aliphatic carbocycles. The van der Waals surface area contributed by atoms with Crippen molar-refractivity contribution in [3.05, 3.63) is 71.6 Å². The normalized spacial score (nSPS) is 14.1. The van der Waals surface area contributed by atoms with Crippen LogP contribution in [0.15, 0.2) is 48.5 Å². The van der Waals surface area contributed by atoms with E-state index in [2.05, 4.69) is 15.4 Å². The Hall–Kier alpha value is -3.28. The van der Waals surface area contributed by atoms with Gasteiger partial charge in [-0.1, -0.05) is 37.3 Å². The van der Waals surface area contributed by atoms with E-state index in [0.29, 0.717) is 6.54 Å². The van der Waals surface area contributed by atoms with Gasteiger partial charge in [-0.05, 0) is 57.5 Å². The molecule has 1 amide bonds. The number of carbonyl (C=O) groups excluding carboxylic acids is 1. The first-order chi connectivity index (χ1) is 19.0. The van der Waals surface area contributed by atoms with Gasteiger partial charge in [-0.2, -0.15) is 5.10 Å². The monoisotopic (exact) mass is 561 g/mol. The van der Waals surface area contributed by atoms with Gasteiger partial charge in [0.1, 0.15) is 30.5 Å². The molecular formula is C29H38F3N5O3. The van der Waals surface area contributed by atoms with Crippen LogP contribution in [0.2, 0.25) is 0 Å². The minimum absolute atomic E-state index is 0.0602. The van der Waals surface area contributed by atoms with Gasteiger partial charge in [-0.3, -0.25) is 4.79 Å². The number of methoxy groups -OCH3 is 1. The van der Waals surface area contributed by atoms with Gasteiger partial charge in [-0.15, -0.1) is 0 Å². The van der Waals surface area contributed by atoms with Gasteiger partial charge < -0.3 is 20.1 Å². The molecule has 11 heteroatoms. The van der Waals surface area contributed by atoms with Crippen molar-refractivity contribution in [3.63, 3.8) is 0 Å². The van der Waals surface area contributed by atoms with Gasteiger partial charge in [0.05, 0.1) is 17.7 Å². The van der Waals surface area contributed by atoms with Gasteiger partial charge in [0.15, 0.2) is 11.6 Å². The van der Waals surface area contributed by atoms with Crippen molar-refractivity contribution in [1.29, 1.82) is 0 Å². The SMILES string of the molecule is CCNC(CF)CCN(C(=O)C(C)O)C(c1nc(-c2cc(F)ccc2F)nn1Cc1ccccc1)C(C)(C)OC. The van der Waals surface area contributed by atoms with Crippen LogP contribution in [0.1, 0.15) is 51.5 Å².